The van der Waals surface area contributed by atoms with Gasteiger partial charge < -0.3 is 4.74 Å². The fraction of sp³-hybridized carbons (Fsp3) is 0.438. The van der Waals surface area contributed by atoms with Crippen LogP contribution in [0.1, 0.15) is 31.5 Å². The van der Waals surface area contributed by atoms with Crippen molar-refractivity contribution in [3.8, 4) is 6.07 Å². The van der Waals surface area contributed by atoms with Gasteiger partial charge in [0.25, 0.3) is 0 Å². The Bertz CT molecular complexity index is 608. The van der Waals surface area contributed by atoms with Crippen LogP contribution in [0.25, 0.3) is 0 Å². The zero-order valence-corrected chi connectivity index (χ0v) is 12.2. The lowest BCUT2D eigenvalue weighted by Crippen LogP contribution is -2.42. The molecule has 0 N–H and O–H groups in total. The zero-order valence-electron chi connectivity index (χ0n) is 12.2. The van der Waals surface area contributed by atoms with Crippen molar-refractivity contribution < 1.29 is 9.53 Å². The van der Waals surface area contributed by atoms with E-state index in [4.69, 9.17) is 4.74 Å². The first kappa shape index (κ1) is 14.4. The summed E-state index contributed by atoms with van der Waals surface area (Å²) < 4.78 is 5.68. The Labute approximate surface area is 119 Å². The van der Waals surface area contributed by atoms with E-state index in [-0.39, 0.29) is 11.4 Å². The average molecular weight is 270 g/mol. The molecule has 0 fully saturated rings. The second kappa shape index (κ2) is 4.84. The van der Waals surface area contributed by atoms with Crippen LogP contribution < -0.4 is 0 Å². The molecule has 0 aromatic carbocycles. The summed E-state index contributed by atoms with van der Waals surface area (Å²) in [5.74, 6) is -0.139. The van der Waals surface area contributed by atoms with Crippen LogP contribution in [0.5, 0.6) is 0 Å². The van der Waals surface area contributed by atoms with Gasteiger partial charge in [-0.1, -0.05) is 19.9 Å². The van der Waals surface area contributed by atoms with Gasteiger partial charge in [0.15, 0.2) is 5.78 Å². The number of hydrogen-bond acceptors (Lipinski definition) is 4. The molecule has 1 aromatic heterocycles. The maximum atomic E-state index is 12.2. The maximum absolute atomic E-state index is 12.2. The average Bonchev–Trinajstić information content (AvgIpc) is 2.42. The van der Waals surface area contributed by atoms with E-state index in [1.807, 2.05) is 39.0 Å². The van der Waals surface area contributed by atoms with Crippen molar-refractivity contribution in [2.75, 3.05) is 7.11 Å². The van der Waals surface area contributed by atoms with E-state index in [0.717, 1.165) is 11.3 Å². The first-order valence-corrected chi connectivity index (χ1v) is 6.51. The number of rotatable bonds is 2. The molecular formula is C16H18N2O2. The molecule has 0 aliphatic heterocycles. The largest absolute Gasteiger partial charge is 0.368 e. The predicted molar refractivity (Wildman–Crippen MR) is 74.8 cm³/mol. The number of pyridine rings is 1. The van der Waals surface area contributed by atoms with Gasteiger partial charge in [-0.2, -0.15) is 5.26 Å². The number of Topliss-reactive ketones (excluding diaryl/α,β-unsaturated/α-hetero) is 1. The molecule has 104 valence electrons. The normalized spacial score (nSPS) is 24.9. The number of aromatic nitrogens is 1. The summed E-state index contributed by atoms with van der Waals surface area (Å²) >= 11 is 0. The fourth-order valence-corrected chi connectivity index (χ4v) is 2.65. The highest BCUT2D eigenvalue weighted by Gasteiger charge is 2.47. The third-order valence-electron chi connectivity index (χ3n) is 3.77. The van der Waals surface area contributed by atoms with Gasteiger partial charge in [0.2, 0.25) is 0 Å². The van der Waals surface area contributed by atoms with E-state index in [0.29, 0.717) is 6.42 Å². The van der Waals surface area contributed by atoms with E-state index in [9.17, 15) is 10.1 Å². The molecule has 0 radical (unpaired) electrons. The smallest absolute Gasteiger partial charge is 0.178 e. The Morgan fingerprint density at radius 1 is 1.40 bits per heavy atom. The quantitative estimate of drug-likeness (QED) is 0.828. The van der Waals surface area contributed by atoms with Crippen LogP contribution in [0, 0.1) is 23.7 Å². The van der Waals surface area contributed by atoms with Gasteiger partial charge in [-0.05, 0) is 31.1 Å². The summed E-state index contributed by atoms with van der Waals surface area (Å²) in [5, 5.41) is 9.20. The number of allylic oxidation sites excluding steroid dienone is 1. The molecule has 1 heterocycles. The number of hydrogen-bond donors (Lipinski definition) is 0. The van der Waals surface area contributed by atoms with Gasteiger partial charge in [0, 0.05) is 18.7 Å². The van der Waals surface area contributed by atoms with E-state index in [1.165, 1.54) is 0 Å². The molecule has 1 aromatic rings. The van der Waals surface area contributed by atoms with Crippen molar-refractivity contribution in [1.82, 2.24) is 4.98 Å². The number of ether oxygens (including phenoxy) is 1. The van der Waals surface area contributed by atoms with Gasteiger partial charge in [-0.25, -0.2) is 0 Å². The summed E-state index contributed by atoms with van der Waals surface area (Å²) in [7, 11) is 1.58. The minimum Gasteiger partial charge on any atom is -0.368 e. The highest BCUT2D eigenvalue weighted by molar-refractivity contribution is 6.03. The summed E-state index contributed by atoms with van der Waals surface area (Å²) in [6.07, 6.45) is 3.84. The highest BCUT2D eigenvalue weighted by Crippen LogP contribution is 2.44. The first-order chi connectivity index (χ1) is 9.34. The third-order valence-corrected chi connectivity index (χ3v) is 3.77. The summed E-state index contributed by atoms with van der Waals surface area (Å²) in [6, 6.07) is 5.82. The molecule has 0 saturated heterocycles. The van der Waals surface area contributed by atoms with E-state index in [1.54, 1.807) is 19.4 Å². The van der Waals surface area contributed by atoms with Crippen molar-refractivity contribution in [2.24, 2.45) is 5.41 Å². The Morgan fingerprint density at radius 2 is 2.10 bits per heavy atom. The number of carbonyl (C=O) groups is 1. The van der Waals surface area contributed by atoms with Crippen molar-refractivity contribution in [3.63, 3.8) is 0 Å². The molecule has 0 saturated carbocycles. The summed E-state index contributed by atoms with van der Waals surface area (Å²) in [4.78, 5) is 16.6. The van der Waals surface area contributed by atoms with Gasteiger partial charge >= 0.3 is 0 Å². The number of aryl methyl sites for hydroxylation is 1. The number of nitrogens with zero attached hydrogens (tertiary/aromatic N) is 2. The second-order valence-electron chi connectivity index (χ2n) is 5.87. The van der Waals surface area contributed by atoms with Crippen molar-refractivity contribution in [2.45, 2.75) is 32.8 Å². The molecule has 1 aliphatic rings. The molecular weight excluding hydrogens is 252 g/mol. The zero-order chi connectivity index (χ0) is 15.0. The lowest BCUT2D eigenvalue weighted by Gasteiger charge is -2.39. The summed E-state index contributed by atoms with van der Waals surface area (Å²) in [6.45, 7) is 5.63. The number of ketones is 1. The van der Waals surface area contributed by atoms with Gasteiger partial charge in [0.1, 0.15) is 11.7 Å². The molecule has 0 spiro atoms. The Kier molecular flexibility index (Phi) is 3.49. The first-order valence-electron chi connectivity index (χ1n) is 6.51. The van der Waals surface area contributed by atoms with Crippen LogP contribution >= 0.6 is 0 Å². The van der Waals surface area contributed by atoms with E-state index in [2.05, 4.69) is 4.98 Å². The number of nitriles is 1. The SMILES string of the molecule is COC1(c2ccc(C)cn2)C=C(C#N)C(=O)C(C)(C)C1. The molecule has 4 nitrogen and oxygen atoms in total. The van der Waals surface area contributed by atoms with Crippen molar-refractivity contribution >= 4 is 5.78 Å². The van der Waals surface area contributed by atoms with Crippen LogP contribution in [-0.2, 0) is 15.1 Å². The number of carbonyl (C=O) groups excluding carboxylic acids is 1. The molecule has 1 atom stereocenters. The minimum absolute atomic E-state index is 0.139. The summed E-state index contributed by atoms with van der Waals surface area (Å²) in [5.41, 5.74) is 0.443. The van der Waals surface area contributed by atoms with Crippen molar-refractivity contribution in [1.29, 1.82) is 5.26 Å². The van der Waals surface area contributed by atoms with Gasteiger partial charge in [-0.15, -0.1) is 0 Å². The van der Waals surface area contributed by atoms with Crippen LogP contribution in [0.4, 0.5) is 0 Å². The fourth-order valence-electron chi connectivity index (χ4n) is 2.65. The Balaban J connectivity index is 2.61. The molecule has 4 heteroatoms. The molecule has 20 heavy (non-hydrogen) atoms. The lowest BCUT2D eigenvalue weighted by atomic mass is 9.68. The van der Waals surface area contributed by atoms with E-state index >= 15 is 0 Å². The number of methoxy groups -OCH3 is 1. The maximum Gasteiger partial charge on any atom is 0.178 e. The third kappa shape index (κ3) is 2.25. The van der Waals surface area contributed by atoms with Gasteiger partial charge in [0.05, 0.1) is 11.3 Å². The molecule has 0 bridgehead atoms. The highest BCUT2D eigenvalue weighted by atomic mass is 16.5. The van der Waals surface area contributed by atoms with Gasteiger partial charge in [-0.3, -0.25) is 9.78 Å². The van der Waals surface area contributed by atoms with E-state index < -0.39 is 11.0 Å². The lowest BCUT2D eigenvalue weighted by molar-refractivity contribution is -0.128. The second-order valence-corrected chi connectivity index (χ2v) is 5.87. The predicted octanol–water partition coefficient (Wildman–Crippen LogP) is 2.68. The van der Waals surface area contributed by atoms with Crippen molar-refractivity contribution in [3.05, 3.63) is 41.2 Å². The monoisotopic (exact) mass is 270 g/mol. The molecule has 1 aliphatic carbocycles. The Morgan fingerprint density at radius 3 is 2.60 bits per heavy atom. The van der Waals surface area contributed by atoms with Crippen LogP contribution in [0.3, 0.4) is 0 Å². The molecule has 2 rings (SSSR count). The topological polar surface area (TPSA) is 63.0 Å². The van der Waals surface area contributed by atoms with Crippen LogP contribution in [0.2, 0.25) is 0 Å². The standard InChI is InChI=1S/C16H18N2O2/c1-11-5-6-13(18-9-11)16(20-4)7-12(8-17)14(19)15(2,3)10-16/h5-7,9H,10H2,1-4H3. The molecule has 0 amide bonds. The Hall–Kier alpha value is -1.99. The van der Waals surface area contributed by atoms with Crippen LogP contribution in [0.15, 0.2) is 30.0 Å². The van der Waals surface area contributed by atoms with Crippen LogP contribution in [-0.4, -0.2) is 17.9 Å². The molecule has 1 unspecified atom stereocenters. The minimum atomic E-state index is -0.823.